The van der Waals surface area contributed by atoms with Gasteiger partial charge in [0.2, 0.25) is 5.88 Å². The molecule has 132 valence electrons. The standard InChI is InChI=1S/C17H24N2O5/c1-22-8-9-24-15-10-12(2-5-18-15)16(21)19-13-11-14(20)17(13)3-6-23-7-4-17/h2,5,10,13-14,20H,3-4,6-9,11H2,1H3,(H,19,21)/t13-,14-/m1/s1. The van der Waals surface area contributed by atoms with E-state index in [0.717, 1.165) is 12.8 Å². The molecule has 0 aromatic carbocycles. The minimum atomic E-state index is -0.364. The van der Waals surface area contributed by atoms with E-state index in [1.54, 1.807) is 25.4 Å². The minimum Gasteiger partial charge on any atom is -0.475 e. The van der Waals surface area contributed by atoms with Crippen molar-refractivity contribution in [2.45, 2.75) is 31.4 Å². The number of aliphatic hydroxyl groups excluding tert-OH is 1. The smallest absolute Gasteiger partial charge is 0.251 e. The number of hydrogen-bond acceptors (Lipinski definition) is 6. The molecule has 0 unspecified atom stereocenters. The number of rotatable bonds is 6. The summed E-state index contributed by atoms with van der Waals surface area (Å²) in [5.41, 5.74) is 0.264. The van der Waals surface area contributed by atoms with Crippen LogP contribution in [0.15, 0.2) is 18.3 Å². The molecule has 7 heteroatoms. The SMILES string of the molecule is COCCOc1cc(C(=O)N[C@@H]2C[C@@H](O)C23CCOCC3)ccn1. The average Bonchev–Trinajstić information content (AvgIpc) is 2.62. The van der Waals surface area contributed by atoms with Gasteiger partial charge in [-0.1, -0.05) is 0 Å². The Bertz CT molecular complexity index is 574. The highest BCUT2D eigenvalue weighted by atomic mass is 16.5. The molecule has 3 rings (SSSR count). The number of methoxy groups -OCH3 is 1. The van der Waals surface area contributed by atoms with Crippen molar-refractivity contribution in [1.29, 1.82) is 0 Å². The molecule has 1 aliphatic carbocycles. The first kappa shape index (κ1) is 17.1. The molecule has 0 bridgehead atoms. The van der Waals surface area contributed by atoms with Crippen LogP contribution < -0.4 is 10.1 Å². The maximum atomic E-state index is 12.5. The van der Waals surface area contributed by atoms with Crippen LogP contribution in [0.25, 0.3) is 0 Å². The molecule has 2 heterocycles. The summed E-state index contributed by atoms with van der Waals surface area (Å²) < 4.78 is 15.8. The average molecular weight is 336 g/mol. The van der Waals surface area contributed by atoms with Gasteiger partial charge in [0.15, 0.2) is 0 Å². The molecule has 7 nitrogen and oxygen atoms in total. The van der Waals surface area contributed by atoms with Crippen molar-refractivity contribution in [1.82, 2.24) is 10.3 Å². The van der Waals surface area contributed by atoms with Gasteiger partial charge >= 0.3 is 0 Å². The molecule has 24 heavy (non-hydrogen) atoms. The van der Waals surface area contributed by atoms with Gasteiger partial charge in [-0.2, -0.15) is 0 Å². The number of hydrogen-bond donors (Lipinski definition) is 2. The fourth-order valence-corrected chi connectivity index (χ4v) is 3.50. The molecule has 2 N–H and O–H groups in total. The third kappa shape index (κ3) is 3.38. The summed E-state index contributed by atoms with van der Waals surface area (Å²) in [5, 5.41) is 13.2. The molecule has 0 radical (unpaired) electrons. The molecule has 1 saturated carbocycles. The normalized spacial score (nSPS) is 25.1. The topological polar surface area (TPSA) is 89.9 Å². The Balaban J connectivity index is 1.61. The van der Waals surface area contributed by atoms with Crippen LogP contribution in [-0.4, -0.2) is 61.7 Å². The number of pyridine rings is 1. The highest BCUT2D eigenvalue weighted by molar-refractivity contribution is 5.94. The number of ether oxygens (including phenoxy) is 3. The van der Waals surface area contributed by atoms with Crippen LogP contribution >= 0.6 is 0 Å². The fourth-order valence-electron chi connectivity index (χ4n) is 3.50. The quantitative estimate of drug-likeness (QED) is 0.746. The van der Waals surface area contributed by atoms with Crippen LogP contribution in [0.1, 0.15) is 29.6 Å². The summed E-state index contributed by atoms with van der Waals surface area (Å²) in [6.45, 7) is 2.11. The van der Waals surface area contributed by atoms with E-state index < -0.39 is 0 Å². The number of aromatic nitrogens is 1. The number of amides is 1. The number of carbonyl (C=O) groups is 1. The predicted octanol–water partition coefficient (Wildman–Crippen LogP) is 0.767. The summed E-state index contributed by atoms with van der Waals surface area (Å²) in [5.74, 6) is 0.228. The first-order chi connectivity index (χ1) is 11.7. The summed E-state index contributed by atoms with van der Waals surface area (Å²) in [6.07, 6.45) is 3.34. The van der Waals surface area contributed by atoms with E-state index in [1.165, 1.54) is 0 Å². The summed E-state index contributed by atoms with van der Waals surface area (Å²) in [6, 6.07) is 3.26. The third-order valence-corrected chi connectivity index (χ3v) is 5.08. The molecule has 1 aromatic rings. The Labute approximate surface area is 141 Å². The summed E-state index contributed by atoms with van der Waals surface area (Å²) in [4.78, 5) is 16.6. The van der Waals surface area contributed by atoms with Gasteiger partial charge in [-0.15, -0.1) is 0 Å². The van der Waals surface area contributed by atoms with Gasteiger partial charge in [-0.3, -0.25) is 4.79 Å². The van der Waals surface area contributed by atoms with Crippen molar-refractivity contribution in [3.8, 4) is 5.88 Å². The van der Waals surface area contributed by atoms with E-state index in [1.807, 2.05) is 0 Å². The van der Waals surface area contributed by atoms with Crippen LogP contribution in [0, 0.1) is 5.41 Å². The number of carbonyl (C=O) groups excluding carboxylic acids is 1. The lowest BCUT2D eigenvalue weighted by molar-refractivity contribution is -0.145. The number of aliphatic hydroxyl groups is 1. The largest absolute Gasteiger partial charge is 0.475 e. The molecular weight excluding hydrogens is 312 g/mol. The second-order valence-corrected chi connectivity index (χ2v) is 6.35. The lowest BCUT2D eigenvalue weighted by atomic mass is 9.58. The van der Waals surface area contributed by atoms with Gasteiger partial charge < -0.3 is 24.6 Å². The van der Waals surface area contributed by atoms with E-state index in [-0.39, 0.29) is 23.5 Å². The molecule has 2 atom stereocenters. The Hall–Kier alpha value is -1.70. The fraction of sp³-hybridized carbons (Fsp3) is 0.647. The highest BCUT2D eigenvalue weighted by Gasteiger charge is 2.55. The zero-order valence-electron chi connectivity index (χ0n) is 13.9. The van der Waals surface area contributed by atoms with Crippen molar-refractivity contribution >= 4 is 5.91 Å². The Morgan fingerprint density at radius 2 is 2.25 bits per heavy atom. The van der Waals surface area contributed by atoms with Gasteiger partial charge in [0.05, 0.1) is 12.7 Å². The second kappa shape index (κ2) is 7.46. The first-order valence-corrected chi connectivity index (χ1v) is 8.30. The summed E-state index contributed by atoms with van der Waals surface area (Å²) in [7, 11) is 1.60. The van der Waals surface area contributed by atoms with Crippen molar-refractivity contribution in [2.75, 3.05) is 33.5 Å². The van der Waals surface area contributed by atoms with Crippen molar-refractivity contribution < 1.29 is 24.1 Å². The van der Waals surface area contributed by atoms with E-state index >= 15 is 0 Å². The van der Waals surface area contributed by atoms with Gasteiger partial charge in [0, 0.05) is 49.6 Å². The van der Waals surface area contributed by atoms with Crippen LogP contribution in [0.4, 0.5) is 0 Å². The van der Waals surface area contributed by atoms with E-state index in [4.69, 9.17) is 14.2 Å². The second-order valence-electron chi connectivity index (χ2n) is 6.35. The lowest BCUT2D eigenvalue weighted by Crippen LogP contribution is -2.65. The van der Waals surface area contributed by atoms with Gasteiger partial charge in [0.25, 0.3) is 5.91 Å². The van der Waals surface area contributed by atoms with Crippen LogP contribution in [0.5, 0.6) is 5.88 Å². The molecule has 1 aromatic heterocycles. The van der Waals surface area contributed by atoms with Gasteiger partial charge in [0.1, 0.15) is 6.61 Å². The molecule has 1 spiro atoms. The van der Waals surface area contributed by atoms with Gasteiger partial charge in [-0.25, -0.2) is 4.98 Å². The maximum absolute atomic E-state index is 12.5. The number of nitrogens with zero attached hydrogens (tertiary/aromatic N) is 1. The van der Waals surface area contributed by atoms with Crippen molar-refractivity contribution in [3.05, 3.63) is 23.9 Å². The molecule has 1 amide bonds. The first-order valence-electron chi connectivity index (χ1n) is 8.30. The van der Waals surface area contributed by atoms with Crippen molar-refractivity contribution in [3.63, 3.8) is 0 Å². The van der Waals surface area contributed by atoms with E-state index in [9.17, 15) is 9.90 Å². The molecule has 1 aliphatic heterocycles. The zero-order chi connectivity index (χ0) is 17.0. The molecule has 2 aliphatic rings. The Morgan fingerprint density at radius 3 is 2.96 bits per heavy atom. The highest BCUT2D eigenvalue weighted by Crippen LogP contribution is 2.49. The summed E-state index contributed by atoms with van der Waals surface area (Å²) >= 11 is 0. The Kier molecular flexibility index (Phi) is 5.33. The van der Waals surface area contributed by atoms with Crippen LogP contribution in [0.3, 0.4) is 0 Å². The predicted molar refractivity (Wildman–Crippen MR) is 86.0 cm³/mol. The maximum Gasteiger partial charge on any atom is 0.251 e. The zero-order valence-corrected chi connectivity index (χ0v) is 13.9. The molecular formula is C17H24N2O5. The molecule has 2 fully saturated rings. The Morgan fingerprint density at radius 1 is 1.46 bits per heavy atom. The minimum absolute atomic E-state index is 0.0186. The lowest BCUT2D eigenvalue weighted by Gasteiger charge is -2.55. The van der Waals surface area contributed by atoms with E-state index in [0.29, 0.717) is 44.3 Å². The number of nitrogens with one attached hydrogen (secondary N) is 1. The van der Waals surface area contributed by atoms with Gasteiger partial charge in [-0.05, 0) is 25.3 Å². The van der Waals surface area contributed by atoms with Crippen LogP contribution in [0.2, 0.25) is 0 Å². The third-order valence-electron chi connectivity index (χ3n) is 5.08. The van der Waals surface area contributed by atoms with Crippen LogP contribution in [-0.2, 0) is 9.47 Å². The monoisotopic (exact) mass is 336 g/mol. The van der Waals surface area contributed by atoms with Crippen molar-refractivity contribution in [2.24, 2.45) is 5.41 Å². The molecule has 1 saturated heterocycles. The van der Waals surface area contributed by atoms with E-state index in [2.05, 4.69) is 10.3 Å².